The Hall–Kier alpha value is -1.41. The van der Waals surface area contributed by atoms with Crippen LogP contribution in [-0.2, 0) is 16.6 Å². The zero-order valence-electron chi connectivity index (χ0n) is 13.2. The molecule has 1 fully saturated rings. The molecular formula is C17H20BrN3O2S. The first-order valence-corrected chi connectivity index (χ1v) is 10.1. The molecule has 0 atom stereocenters. The summed E-state index contributed by atoms with van der Waals surface area (Å²) < 4.78 is 23.7. The molecular weight excluding hydrogens is 390 g/mol. The highest BCUT2D eigenvalue weighted by atomic mass is 79.9. The van der Waals surface area contributed by atoms with E-state index in [1.807, 2.05) is 18.2 Å². The van der Waals surface area contributed by atoms with Gasteiger partial charge in [-0.15, -0.1) is 0 Å². The van der Waals surface area contributed by atoms with Gasteiger partial charge in [-0.2, -0.15) is 0 Å². The van der Waals surface area contributed by atoms with Crippen molar-refractivity contribution in [2.24, 2.45) is 5.14 Å². The summed E-state index contributed by atoms with van der Waals surface area (Å²) in [4.78, 5) is 4.85. The van der Waals surface area contributed by atoms with Crippen LogP contribution in [-0.4, -0.2) is 39.5 Å². The van der Waals surface area contributed by atoms with Crippen LogP contribution in [0.15, 0.2) is 57.9 Å². The van der Waals surface area contributed by atoms with E-state index in [1.54, 1.807) is 12.1 Å². The number of nitrogens with zero attached hydrogens (tertiary/aromatic N) is 2. The Morgan fingerprint density at radius 1 is 1.00 bits per heavy atom. The SMILES string of the molecule is NS(=O)(=O)c1ccc(N2CCN(Cc3cccc(Br)c3)CC2)cc1. The van der Waals surface area contributed by atoms with Gasteiger partial charge >= 0.3 is 0 Å². The molecule has 7 heteroatoms. The highest BCUT2D eigenvalue weighted by Gasteiger charge is 2.18. The smallest absolute Gasteiger partial charge is 0.238 e. The zero-order chi connectivity index (χ0) is 17.2. The van der Waals surface area contributed by atoms with Crippen molar-refractivity contribution in [2.45, 2.75) is 11.4 Å². The fourth-order valence-corrected chi connectivity index (χ4v) is 3.87. The number of primary sulfonamides is 1. The van der Waals surface area contributed by atoms with Crippen molar-refractivity contribution in [3.05, 3.63) is 58.6 Å². The van der Waals surface area contributed by atoms with E-state index in [0.29, 0.717) is 0 Å². The van der Waals surface area contributed by atoms with Crippen molar-refractivity contribution in [3.63, 3.8) is 0 Å². The lowest BCUT2D eigenvalue weighted by Crippen LogP contribution is -2.45. The van der Waals surface area contributed by atoms with Crippen LogP contribution in [0.5, 0.6) is 0 Å². The van der Waals surface area contributed by atoms with Gasteiger partial charge in [0.15, 0.2) is 0 Å². The molecule has 1 aliphatic rings. The van der Waals surface area contributed by atoms with Crippen LogP contribution in [0.2, 0.25) is 0 Å². The van der Waals surface area contributed by atoms with Crippen LogP contribution >= 0.6 is 15.9 Å². The number of nitrogens with two attached hydrogens (primary N) is 1. The lowest BCUT2D eigenvalue weighted by Gasteiger charge is -2.36. The van der Waals surface area contributed by atoms with Crippen LogP contribution in [0, 0.1) is 0 Å². The molecule has 0 unspecified atom stereocenters. The molecule has 3 rings (SSSR count). The molecule has 0 aromatic heterocycles. The quantitative estimate of drug-likeness (QED) is 0.841. The molecule has 0 aliphatic carbocycles. The molecule has 5 nitrogen and oxygen atoms in total. The second-order valence-electron chi connectivity index (χ2n) is 5.93. The molecule has 1 heterocycles. The highest BCUT2D eigenvalue weighted by molar-refractivity contribution is 9.10. The van der Waals surface area contributed by atoms with Crippen LogP contribution in [0.25, 0.3) is 0 Å². The lowest BCUT2D eigenvalue weighted by molar-refractivity contribution is 0.250. The Morgan fingerprint density at radius 2 is 1.67 bits per heavy atom. The van der Waals surface area contributed by atoms with E-state index in [-0.39, 0.29) is 4.90 Å². The predicted octanol–water partition coefficient (Wildman–Crippen LogP) is 2.42. The number of benzene rings is 2. The Labute approximate surface area is 151 Å². The van der Waals surface area contributed by atoms with Gasteiger partial charge in [0.05, 0.1) is 4.90 Å². The van der Waals surface area contributed by atoms with Gasteiger partial charge in [0.1, 0.15) is 0 Å². The number of rotatable bonds is 4. The first-order chi connectivity index (χ1) is 11.4. The molecule has 0 radical (unpaired) electrons. The second kappa shape index (κ2) is 7.23. The predicted molar refractivity (Wildman–Crippen MR) is 99.4 cm³/mol. The number of anilines is 1. The van der Waals surface area contributed by atoms with Crippen molar-refractivity contribution in [3.8, 4) is 0 Å². The topological polar surface area (TPSA) is 66.6 Å². The number of piperazine rings is 1. The monoisotopic (exact) mass is 409 g/mol. The summed E-state index contributed by atoms with van der Waals surface area (Å²) in [5, 5.41) is 5.14. The first-order valence-electron chi connectivity index (χ1n) is 7.76. The summed E-state index contributed by atoms with van der Waals surface area (Å²) in [6, 6.07) is 15.2. The molecule has 2 aromatic rings. The van der Waals surface area contributed by atoms with E-state index in [1.165, 1.54) is 5.56 Å². The van der Waals surface area contributed by atoms with Gasteiger partial charge in [0, 0.05) is 42.9 Å². The van der Waals surface area contributed by atoms with Gasteiger partial charge in [0.2, 0.25) is 10.0 Å². The van der Waals surface area contributed by atoms with Crippen LogP contribution in [0.4, 0.5) is 5.69 Å². The average Bonchev–Trinajstić information content (AvgIpc) is 2.55. The van der Waals surface area contributed by atoms with E-state index in [4.69, 9.17) is 5.14 Å². The lowest BCUT2D eigenvalue weighted by atomic mass is 10.2. The molecule has 2 aromatic carbocycles. The molecule has 0 spiro atoms. The van der Waals surface area contributed by atoms with Gasteiger partial charge in [-0.25, -0.2) is 13.6 Å². The highest BCUT2D eigenvalue weighted by Crippen LogP contribution is 2.20. The van der Waals surface area contributed by atoms with Gasteiger partial charge in [-0.05, 0) is 42.0 Å². The van der Waals surface area contributed by atoms with Crippen molar-refractivity contribution >= 4 is 31.6 Å². The van der Waals surface area contributed by atoms with Crippen molar-refractivity contribution in [2.75, 3.05) is 31.1 Å². The van der Waals surface area contributed by atoms with Crippen molar-refractivity contribution < 1.29 is 8.42 Å². The normalized spacial score (nSPS) is 16.3. The summed E-state index contributed by atoms with van der Waals surface area (Å²) in [5.41, 5.74) is 2.33. The maximum Gasteiger partial charge on any atom is 0.238 e. The maximum absolute atomic E-state index is 11.3. The maximum atomic E-state index is 11.3. The van der Waals surface area contributed by atoms with Gasteiger partial charge in [-0.1, -0.05) is 28.1 Å². The third kappa shape index (κ3) is 4.36. The zero-order valence-corrected chi connectivity index (χ0v) is 15.6. The minimum Gasteiger partial charge on any atom is -0.369 e. The average molecular weight is 410 g/mol. The fourth-order valence-electron chi connectivity index (χ4n) is 2.90. The summed E-state index contributed by atoms with van der Waals surface area (Å²) in [5.74, 6) is 0. The first kappa shape index (κ1) is 17.4. The fraction of sp³-hybridized carbons (Fsp3) is 0.294. The number of hydrogen-bond donors (Lipinski definition) is 1. The Morgan fingerprint density at radius 3 is 2.25 bits per heavy atom. The third-order valence-electron chi connectivity index (χ3n) is 4.20. The molecule has 0 saturated carbocycles. The molecule has 128 valence electrons. The number of halogens is 1. The third-order valence-corrected chi connectivity index (χ3v) is 5.62. The van der Waals surface area contributed by atoms with E-state index < -0.39 is 10.0 Å². The molecule has 0 bridgehead atoms. The van der Waals surface area contributed by atoms with Crippen molar-refractivity contribution in [1.82, 2.24) is 4.90 Å². The molecule has 1 saturated heterocycles. The van der Waals surface area contributed by atoms with Gasteiger partial charge in [-0.3, -0.25) is 4.90 Å². The van der Waals surface area contributed by atoms with Crippen molar-refractivity contribution in [1.29, 1.82) is 0 Å². The molecule has 0 amide bonds. The van der Waals surface area contributed by atoms with E-state index in [2.05, 4.69) is 43.9 Å². The number of hydrogen-bond acceptors (Lipinski definition) is 4. The van der Waals surface area contributed by atoms with Crippen LogP contribution in [0.1, 0.15) is 5.56 Å². The second-order valence-corrected chi connectivity index (χ2v) is 8.41. The largest absolute Gasteiger partial charge is 0.369 e. The molecule has 1 aliphatic heterocycles. The Bertz CT molecular complexity index is 801. The van der Waals surface area contributed by atoms with Gasteiger partial charge < -0.3 is 4.90 Å². The van der Waals surface area contributed by atoms with Crippen LogP contribution < -0.4 is 10.0 Å². The van der Waals surface area contributed by atoms with E-state index in [9.17, 15) is 8.42 Å². The molecule has 2 N–H and O–H groups in total. The minimum atomic E-state index is -3.63. The summed E-state index contributed by atoms with van der Waals surface area (Å²) in [6.07, 6.45) is 0. The van der Waals surface area contributed by atoms with Gasteiger partial charge in [0.25, 0.3) is 0 Å². The summed E-state index contributed by atoms with van der Waals surface area (Å²) >= 11 is 3.51. The minimum absolute atomic E-state index is 0.152. The summed E-state index contributed by atoms with van der Waals surface area (Å²) in [7, 11) is -3.63. The van der Waals surface area contributed by atoms with Crippen LogP contribution in [0.3, 0.4) is 0 Å². The molecule has 24 heavy (non-hydrogen) atoms. The standard InChI is InChI=1S/C17H20BrN3O2S/c18-15-3-1-2-14(12-15)13-20-8-10-21(11-9-20)16-4-6-17(7-5-16)24(19,22)23/h1-7,12H,8-11,13H2,(H2,19,22,23). The number of sulfonamides is 1. The Kier molecular flexibility index (Phi) is 5.24. The summed E-state index contributed by atoms with van der Waals surface area (Å²) in [6.45, 7) is 4.73. The Balaban J connectivity index is 1.59. The van der Waals surface area contributed by atoms with E-state index >= 15 is 0 Å². The van der Waals surface area contributed by atoms with E-state index in [0.717, 1.165) is 42.9 Å².